The number of nitrogens with zero attached hydrogens (tertiary/aromatic N) is 1. The first-order chi connectivity index (χ1) is 10.2. The number of carboxylic acids is 1. The summed E-state index contributed by atoms with van der Waals surface area (Å²) in [7, 11) is -4.72. The number of benzene rings is 1. The highest BCUT2D eigenvalue weighted by atomic mass is 35.5. The lowest BCUT2D eigenvalue weighted by molar-refractivity contribution is -0.148. The van der Waals surface area contributed by atoms with Crippen LogP contribution in [0.4, 0.5) is 3.89 Å². The molecule has 1 heterocycles. The highest BCUT2D eigenvalue weighted by Crippen LogP contribution is 2.31. The lowest BCUT2D eigenvalue weighted by atomic mass is 10.1. The molecule has 1 saturated heterocycles. The number of amides is 1. The van der Waals surface area contributed by atoms with Crippen molar-refractivity contribution in [3.8, 4) is 0 Å². The molecule has 0 bridgehead atoms. The Kier molecular flexibility index (Phi) is 4.72. The molecule has 0 saturated carbocycles. The van der Waals surface area contributed by atoms with Crippen molar-refractivity contribution < 1.29 is 27.0 Å². The number of carboxylic acid groups (broad SMARTS) is 1. The van der Waals surface area contributed by atoms with Gasteiger partial charge in [0.05, 0.1) is 5.75 Å². The van der Waals surface area contributed by atoms with E-state index in [0.717, 1.165) is 4.90 Å². The Bertz CT molecular complexity index is 708. The van der Waals surface area contributed by atoms with E-state index in [4.69, 9.17) is 11.6 Å². The van der Waals surface area contributed by atoms with Gasteiger partial charge in [0.15, 0.2) is 6.04 Å². The molecule has 1 aromatic carbocycles. The zero-order chi connectivity index (χ0) is 16.5. The first kappa shape index (κ1) is 16.7. The van der Waals surface area contributed by atoms with Crippen LogP contribution in [0.5, 0.6) is 0 Å². The van der Waals surface area contributed by atoms with Crippen LogP contribution < -0.4 is 0 Å². The van der Waals surface area contributed by atoms with Crippen LogP contribution in [0.1, 0.15) is 18.0 Å². The molecule has 1 aliphatic rings. The molecule has 0 spiro atoms. The summed E-state index contributed by atoms with van der Waals surface area (Å²) < 4.78 is 34.1. The molecule has 1 N–H and O–H groups in total. The normalized spacial score (nSPS) is 20.2. The SMILES string of the molecule is O=C(O)C(c1cccc(Cl)c1)N1CC(CS(=O)(=O)F)CC1=O. The van der Waals surface area contributed by atoms with E-state index in [9.17, 15) is 27.0 Å². The van der Waals surface area contributed by atoms with Gasteiger partial charge in [-0.3, -0.25) is 4.79 Å². The van der Waals surface area contributed by atoms with Crippen LogP contribution in [0, 0.1) is 5.92 Å². The predicted molar refractivity (Wildman–Crippen MR) is 76.5 cm³/mol. The minimum Gasteiger partial charge on any atom is -0.479 e. The van der Waals surface area contributed by atoms with Crippen molar-refractivity contribution >= 4 is 33.7 Å². The fourth-order valence-corrected chi connectivity index (χ4v) is 3.57. The van der Waals surface area contributed by atoms with E-state index in [2.05, 4.69) is 0 Å². The van der Waals surface area contributed by atoms with Crippen LogP contribution >= 0.6 is 11.6 Å². The number of hydrogen-bond acceptors (Lipinski definition) is 4. The quantitative estimate of drug-likeness (QED) is 0.815. The molecule has 0 radical (unpaired) electrons. The lowest BCUT2D eigenvalue weighted by Gasteiger charge is -2.25. The summed E-state index contributed by atoms with van der Waals surface area (Å²) in [6, 6.07) is 4.77. The molecule has 2 rings (SSSR count). The number of halogens is 2. The minimum atomic E-state index is -4.72. The lowest BCUT2D eigenvalue weighted by Crippen LogP contribution is -2.35. The van der Waals surface area contributed by atoms with Crippen molar-refractivity contribution in [3.63, 3.8) is 0 Å². The van der Waals surface area contributed by atoms with Crippen molar-refractivity contribution in [3.05, 3.63) is 34.9 Å². The Labute approximate surface area is 131 Å². The summed E-state index contributed by atoms with van der Waals surface area (Å²) >= 11 is 5.83. The van der Waals surface area contributed by atoms with E-state index >= 15 is 0 Å². The van der Waals surface area contributed by atoms with E-state index in [1.165, 1.54) is 12.1 Å². The molecule has 1 aromatic rings. The van der Waals surface area contributed by atoms with E-state index in [-0.39, 0.29) is 13.0 Å². The molecule has 9 heteroatoms. The summed E-state index contributed by atoms with van der Waals surface area (Å²) in [6.45, 7) is -0.133. The molecule has 1 fully saturated rings. The van der Waals surface area contributed by atoms with Gasteiger partial charge in [-0.1, -0.05) is 23.7 Å². The first-order valence-electron chi connectivity index (χ1n) is 6.37. The molecule has 22 heavy (non-hydrogen) atoms. The Morgan fingerprint density at radius 3 is 2.73 bits per heavy atom. The van der Waals surface area contributed by atoms with Gasteiger partial charge in [-0.2, -0.15) is 8.42 Å². The first-order valence-corrected chi connectivity index (χ1v) is 8.30. The molecule has 0 aromatic heterocycles. The molecule has 0 aliphatic carbocycles. The Balaban J connectivity index is 2.27. The average Bonchev–Trinajstić information content (AvgIpc) is 2.67. The molecule has 6 nitrogen and oxygen atoms in total. The topological polar surface area (TPSA) is 91.8 Å². The summed E-state index contributed by atoms with van der Waals surface area (Å²) in [6.07, 6.45) is -0.201. The standard InChI is InChI=1S/C13H13ClFNO5S/c14-10-3-1-2-9(5-10)12(13(18)19)16-6-8(4-11(16)17)7-22(15,20)21/h1-3,5,8,12H,4,6-7H2,(H,18,19). The van der Waals surface area contributed by atoms with E-state index in [1.54, 1.807) is 12.1 Å². The summed E-state index contributed by atoms with van der Waals surface area (Å²) in [5.41, 5.74) is 0.303. The van der Waals surface area contributed by atoms with Gasteiger partial charge < -0.3 is 10.0 Å². The van der Waals surface area contributed by atoms with Gasteiger partial charge in [0.25, 0.3) is 0 Å². The zero-order valence-electron chi connectivity index (χ0n) is 11.3. The zero-order valence-corrected chi connectivity index (χ0v) is 12.8. The van der Waals surface area contributed by atoms with E-state index in [0.29, 0.717) is 10.6 Å². The predicted octanol–water partition coefficient (Wildman–Crippen LogP) is 1.61. The van der Waals surface area contributed by atoms with Crippen LogP contribution in [-0.2, 0) is 19.8 Å². The van der Waals surface area contributed by atoms with Crippen molar-refractivity contribution in [2.45, 2.75) is 12.5 Å². The van der Waals surface area contributed by atoms with Gasteiger partial charge in [0.2, 0.25) is 5.91 Å². The highest BCUT2D eigenvalue weighted by Gasteiger charge is 2.40. The van der Waals surface area contributed by atoms with Gasteiger partial charge in [-0.25, -0.2) is 4.79 Å². The van der Waals surface area contributed by atoms with Crippen molar-refractivity contribution in [1.82, 2.24) is 4.90 Å². The Morgan fingerprint density at radius 2 is 2.18 bits per heavy atom. The van der Waals surface area contributed by atoms with Crippen LogP contribution in [0.2, 0.25) is 5.02 Å². The van der Waals surface area contributed by atoms with Crippen LogP contribution in [0.25, 0.3) is 0 Å². The average molecular weight is 350 g/mol. The molecule has 1 aliphatic heterocycles. The second kappa shape index (κ2) is 6.21. The third-order valence-corrected chi connectivity index (χ3v) is 4.49. The Hall–Kier alpha value is -1.67. The number of likely N-dealkylation sites (tertiary alicyclic amines) is 1. The van der Waals surface area contributed by atoms with Crippen LogP contribution in [0.15, 0.2) is 24.3 Å². The van der Waals surface area contributed by atoms with Gasteiger partial charge >= 0.3 is 16.2 Å². The number of aliphatic carboxylic acids is 1. The monoisotopic (exact) mass is 349 g/mol. The fraction of sp³-hybridized carbons (Fsp3) is 0.385. The second-order valence-electron chi connectivity index (χ2n) is 5.12. The Morgan fingerprint density at radius 1 is 1.50 bits per heavy atom. The van der Waals surface area contributed by atoms with Crippen molar-refractivity contribution in [2.75, 3.05) is 12.3 Å². The van der Waals surface area contributed by atoms with Gasteiger partial charge in [0.1, 0.15) is 0 Å². The largest absolute Gasteiger partial charge is 0.479 e. The molecular weight excluding hydrogens is 337 g/mol. The minimum absolute atomic E-state index is 0.133. The number of rotatable bonds is 5. The van der Waals surface area contributed by atoms with Gasteiger partial charge in [0, 0.05) is 23.9 Å². The van der Waals surface area contributed by atoms with Crippen molar-refractivity contribution in [1.29, 1.82) is 0 Å². The smallest absolute Gasteiger partial charge is 0.331 e. The van der Waals surface area contributed by atoms with Crippen LogP contribution in [-0.4, -0.2) is 42.6 Å². The molecule has 2 unspecified atom stereocenters. The van der Waals surface area contributed by atoms with E-state index < -0.39 is 39.8 Å². The second-order valence-corrected chi connectivity index (χ2v) is 6.96. The third kappa shape index (κ3) is 3.95. The molecule has 120 valence electrons. The summed E-state index contributed by atoms with van der Waals surface area (Å²) in [4.78, 5) is 24.5. The molecular formula is C13H13ClFNO5S. The maximum Gasteiger partial charge on any atom is 0.331 e. The number of carbonyl (C=O) groups is 2. The fourth-order valence-electron chi connectivity index (χ4n) is 2.58. The van der Waals surface area contributed by atoms with Crippen molar-refractivity contribution in [2.24, 2.45) is 5.92 Å². The summed E-state index contributed by atoms with van der Waals surface area (Å²) in [5.74, 6) is -3.35. The number of carbonyl (C=O) groups excluding carboxylic acids is 1. The summed E-state index contributed by atoms with van der Waals surface area (Å²) in [5, 5.41) is 9.70. The van der Waals surface area contributed by atoms with Gasteiger partial charge in [-0.05, 0) is 17.7 Å². The number of hydrogen-bond donors (Lipinski definition) is 1. The molecule has 1 amide bonds. The molecule has 2 atom stereocenters. The van der Waals surface area contributed by atoms with E-state index in [1.807, 2.05) is 0 Å². The maximum atomic E-state index is 12.7. The van der Waals surface area contributed by atoms with Crippen LogP contribution in [0.3, 0.4) is 0 Å². The third-order valence-electron chi connectivity index (χ3n) is 3.38. The maximum absolute atomic E-state index is 12.7. The highest BCUT2D eigenvalue weighted by molar-refractivity contribution is 7.86. The van der Waals surface area contributed by atoms with Gasteiger partial charge in [-0.15, -0.1) is 3.89 Å².